The molecule has 0 spiro atoms. The topological polar surface area (TPSA) is 84.5 Å². The molecule has 3 aromatic rings. The van der Waals surface area contributed by atoms with Gasteiger partial charge in [-0.1, -0.05) is 24.3 Å². The van der Waals surface area contributed by atoms with Crippen molar-refractivity contribution in [2.75, 3.05) is 13.2 Å². The molecule has 1 amide bonds. The zero-order chi connectivity index (χ0) is 20.8. The molecule has 7 heteroatoms. The molecule has 0 unspecified atom stereocenters. The van der Waals surface area contributed by atoms with E-state index in [0.717, 1.165) is 0 Å². The number of aromatic nitrogens is 2. The summed E-state index contributed by atoms with van der Waals surface area (Å²) in [6.45, 7) is 6.26. The largest absolute Gasteiger partial charge is 0.490 e. The number of amides is 1. The first kappa shape index (κ1) is 20.4. The number of para-hydroxylation sites is 3. The minimum absolute atomic E-state index is 0.0926. The summed E-state index contributed by atoms with van der Waals surface area (Å²) in [5.74, 6) is 1.34. The van der Waals surface area contributed by atoms with E-state index in [2.05, 4.69) is 9.97 Å². The molecule has 0 saturated carbocycles. The number of hydrogen-bond donors (Lipinski definition) is 1. The molecule has 0 aliphatic rings. The van der Waals surface area contributed by atoms with Crippen molar-refractivity contribution < 1.29 is 14.3 Å². The third-order valence-electron chi connectivity index (χ3n) is 4.43. The summed E-state index contributed by atoms with van der Waals surface area (Å²) in [6.07, 6.45) is 0. The Balaban J connectivity index is 1.75. The molecule has 1 heterocycles. The first-order valence-corrected chi connectivity index (χ1v) is 9.61. The lowest BCUT2D eigenvalue weighted by Gasteiger charge is -2.26. The Labute approximate surface area is 169 Å². The first-order chi connectivity index (χ1) is 14.0. The SMILES string of the molecule is CCOc1ccccc1OCC(=O)N(Cc1nc2ccccc2c(=O)[nH]1)C(C)C. The number of nitrogens with zero attached hydrogens (tertiary/aromatic N) is 2. The quantitative estimate of drug-likeness (QED) is 0.633. The molecule has 1 N–H and O–H groups in total. The average molecular weight is 395 g/mol. The van der Waals surface area contributed by atoms with Crippen molar-refractivity contribution in [2.45, 2.75) is 33.4 Å². The van der Waals surface area contributed by atoms with Gasteiger partial charge in [0.15, 0.2) is 18.1 Å². The zero-order valence-corrected chi connectivity index (χ0v) is 16.8. The van der Waals surface area contributed by atoms with Gasteiger partial charge in [-0.25, -0.2) is 4.98 Å². The summed E-state index contributed by atoms with van der Waals surface area (Å²) in [5.41, 5.74) is 0.382. The molecule has 0 saturated heterocycles. The fourth-order valence-electron chi connectivity index (χ4n) is 3.00. The van der Waals surface area contributed by atoms with E-state index in [1.54, 1.807) is 35.2 Å². The number of nitrogens with one attached hydrogen (secondary N) is 1. The first-order valence-electron chi connectivity index (χ1n) is 9.61. The highest BCUT2D eigenvalue weighted by Gasteiger charge is 2.20. The molecule has 0 atom stereocenters. The van der Waals surface area contributed by atoms with Gasteiger partial charge in [-0.3, -0.25) is 9.59 Å². The number of carbonyl (C=O) groups excluding carboxylic acids is 1. The van der Waals surface area contributed by atoms with Crippen molar-refractivity contribution >= 4 is 16.8 Å². The number of aromatic amines is 1. The predicted molar refractivity (Wildman–Crippen MR) is 111 cm³/mol. The van der Waals surface area contributed by atoms with E-state index < -0.39 is 0 Å². The van der Waals surface area contributed by atoms with Gasteiger partial charge in [-0.2, -0.15) is 0 Å². The van der Waals surface area contributed by atoms with Crippen LogP contribution in [-0.4, -0.2) is 40.0 Å². The lowest BCUT2D eigenvalue weighted by atomic mass is 10.2. The van der Waals surface area contributed by atoms with E-state index >= 15 is 0 Å². The van der Waals surface area contributed by atoms with Gasteiger partial charge in [0.2, 0.25) is 0 Å². The van der Waals surface area contributed by atoms with Gasteiger partial charge in [0.1, 0.15) is 5.82 Å². The van der Waals surface area contributed by atoms with Gasteiger partial charge in [0.05, 0.1) is 24.1 Å². The zero-order valence-electron chi connectivity index (χ0n) is 16.8. The second kappa shape index (κ2) is 9.23. The number of rotatable bonds is 8. The highest BCUT2D eigenvalue weighted by atomic mass is 16.5. The highest BCUT2D eigenvalue weighted by Crippen LogP contribution is 2.26. The van der Waals surface area contributed by atoms with E-state index in [1.165, 1.54) is 0 Å². The van der Waals surface area contributed by atoms with Crippen LogP contribution in [-0.2, 0) is 11.3 Å². The number of H-pyrrole nitrogens is 1. The fourth-order valence-corrected chi connectivity index (χ4v) is 3.00. The van der Waals surface area contributed by atoms with Crippen LogP contribution in [0.15, 0.2) is 53.3 Å². The lowest BCUT2D eigenvalue weighted by molar-refractivity contribution is -0.135. The maximum atomic E-state index is 12.8. The third-order valence-corrected chi connectivity index (χ3v) is 4.43. The van der Waals surface area contributed by atoms with Gasteiger partial charge in [-0.05, 0) is 45.0 Å². The van der Waals surface area contributed by atoms with Gasteiger partial charge in [0, 0.05) is 6.04 Å². The van der Waals surface area contributed by atoms with Crippen LogP contribution in [0.2, 0.25) is 0 Å². The third kappa shape index (κ3) is 4.93. The van der Waals surface area contributed by atoms with Crippen LogP contribution in [0.4, 0.5) is 0 Å². The minimum Gasteiger partial charge on any atom is -0.490 e. The van der Waals surface area contributed by atoms with E-state index in [4.69, 9.17) is 9.47 Å². The summed E-state index contributed by atoms with van der Waals surface area (Å²) >= 11 is 0. The lowest BCUT2D eigenvalue weighted by Crippen LogP contribution is -2.40. The molecule has 29 heavy (non-hydrogen) atoms. The summed E-state index contributed by atoms with van der Waals surface area (Å²) in [7, 11) is 0. The molecule has 0 radical (unpaired) electrons. The Kier molecular flexibility index (Phi) is 6.49. The number of fused-ring (bicyclic) bond motifs is 1. The minimum atomic E-state index is -0.219. The number of benzene rings is 2. The molecule has 0 fully saturated rings. The molecule has 2 aromatic carbocycles. The van der Waals surface area contributed by atoms with Crippen LogP contribution in [0.5, 0.6) is 11.5 Å². The van der Waals surface area contributed by atoms with E-state index in [-0.39, 0.29) is 30.7 Å². The van der Waals surface area contributed by atoms with Crippen LogP contribution >= 0.6 is 0 Å². The van der Waals surface area contributed by atoms with Crippen LogP contribution in [0.3, 0.4) is 0 Å². The molecular weight excluding hydrogens is 370 g/mol. The molecule has 152 valence electrons. The molecule has 0 aliphatic heterocycles. The van der Waals surface area contributed by atoms with Crippen LogP contribution in [0.25, 0.3) is 10.9 Å². The number of ether oxygens (including phenoxy) is 2. The van der Waals surface area contributed by atoms with Crippen molar-refractivity contribution in [3.05, 3.63) is 64.7 Å². The van der Waals surface area contributed by atoms with Crippen LogP contribution in [0, 0.1) is 0 Å². The molecular formula is C22H25N3O4. The average Bonchev–Trinajstić information content (AvgIpc) is 2.71. The van der Waals surface area contributed by atoms with Crippen LogP contribution < -0.4 is 15.0 Å². The number of hydrogen-bond acceptors (Lipinski definition) is 5. The van der Waals surface area contributed by atoms with E-state index in [1.807, 2.05) is 39.0 Å². The molecule has 1 aromatic heterocycles. The Morgan fingerprint density at radius 1 is 1.07 bits per heavy atom. The van der Waals surface area contributed by atoms with E-state index in [0.29, 0.717) is 34.8 Å². The molecule has 0 bridgehead atoms. The standard InChI is InChI=1S/C22H25N3O4/c1-4-28-18-11-7-8-12-19(18)29-14-21(26)25(15(2)3)13-20-23-17-10-6-5-9-16(17)22(27)24-20/h5-12,15H,4,13-14H2,1-3H3,(H,23,24,27). The van der Waals surface area contributed by atoms with Gasteiger partial charge in [-0.15, -0.1) is 0 Å². The Bertz CT molecular complexity index is 1050. The second-order valence-electron chi connectivity index (χ2n) is 6.81. The molecule has 3 rings (SSSR count). The van der Waals surface area contributed by atoms with Crippen molar-refractivity contribution in [1.82, 2.24) is 14.9 Å². The maximum Gasteiger partial charge on any atom is 0.261 e. The Morgan fingerprint density at radius 2 is 1.72 bits per heavy atom. The summed E-state index contributed by atoms with van der Waals surface area (Å²) in [4.78, 5) is 34.0. The van der Waals surface area contributed by atoms with Crippen molar-refractivity contribution in [2.24, 2.45) is 0 Å². The van der Waals surface area contributed by atoms with Gasteiger partial charge < -0.3 is 19.4 Å². The summed E-state index contributed by atoms with van der Waals surface area (Å²) in [5, 5.41) is 0.523. The molecule has 0 aliphatic carbocycles. The van der Waals surface area contributed by atoms with Crippen molar-refractivity contribution in [3.63, 3.8) is 0 Å². The Morgan fingerprint density at radius 3 is 2.41 bits per heavy atom. The van der Waals surface area contributed by atoms with Crippen molar-refractivity contribution in [3.8, 4) is 11.5 Å². The summed E-state index contributed by atoms with van der Waals surface area (Å²) in [6, 6.07) is 14.3. The Hall–Kier alpha value is -3.35. The van der Waals surface area contributed by atoms with Crippen molar-refractivity contribution in [1.29, 1.82) is 0 Å². The van der Waals surface area contributed by atoms with Gasteiger partial charge >= 0.3 is 0 Å². The van der Waals surface area contributed by atoms with Gasteiger partial charge in [0.25, 0.3) is 11.5 Å². The smallest absolute Gasteiger partial charge is 0.261 e. The molecule has 7 nitrogen and oxygen atoms in total. The second-order valence-corrected chi connectivity index (χ2v) is 6.81. The normalized spacial score (nSPS) is 10.9. The van der Waals surface area contributed by atoms with Crippen LogP contribution in [0.1, 0.15) is 26.6 Å². The monoisotopic (exact) mass is 395 g/mol. The highest BCUT2D eigenvalue weighted by molar-refractivity contribution is 5.79. The predicted octanol–water partition coefficient (Wildman–Crippen LogP) is 3.14. The van der Waals surface area contributed by atoms with E-state index in [9.17, 15) is 9.59 Å². The number of carbonyl (C=O) groups is 1. The maximum absolute atomic E-state index is 12.8. The summed E-state index contributed by atoms with van der Waals surface area (Å²) < 4.78 is 11.2. The fraction of sp³-hybridized carbons (Fsp3) is 0.318.